The summed E-state index contributed by atoms with van der Waals surface area (Å²) in [7, 11) is 1.69. The Labute approximate surface area is 222 Å². The number of Topliss-reactive ketones (excluding diaryl/α,β-unsaturated/α-hetero) is 1. The molecule has 5 nitrogen and oxygen atoms in total. The summed E-state index contributed by atoms with van der Waals surface area (Å²) in [6, 6.07) is 8.46. The average molecular weight is 505 g/mol. The van der Waals surface area contributed by atoms with Crippen LogP contribution in [0.3, 0.4) is 0 Å². The Hall–Kier alpha value is -2.17. The molecule has 1 aromatic carbocycles. The first-order chi connectivity index (χ1) is 17.8. The normalized spacial score (nSPS) is 37.7. The van der Waals surface area contributed by atoms with Crippen molar-refractivity contribution >= 4 is 23.1 Å². The van der Waals surface area contributed by atoms with Crippen LogP contribution in [0.4, 0.5) is 5.69 Å². The first kappa shape index (κ1) is 25.1. The minimum absolute atomic E-state index is 0.0332. The van der Waals surface area contributed by atoms with E-state index in [1.807, 2.05) is 12.1 Å². The summed E-state index contributed by atoms with van der Waals surface area (Å²) in [5.74, 6) is 3.33. The number of hydrogen-bond donors (Lipinski definition) is 0. The number of nitrogens with zero attached hydrogens (tertiary/aromatic N) is 2. The van der Waals surface area contributed by atoms with Gasteiger partial charge in [-0.15, -0.1) is 0 Å². The molecule has 1 amide bonds. The van der Waals surface area contributed by atoms with Gasteiger partial charge in [0.15, 0.2) is 0 Å². The summed E-state index contributed by atoms with van der Waals surface area (Å²) < 4.78 is 5.41. The maximum Gasteiger partial charge on any atom is 0.230 e. The highest BCUT2D eigenvalue weighted by Gasteiger charge is 2.61. The Bertz CT molecular complexity index is 1070. The van der Waals surface area contributed by atoms with E-state index >= 15 is 0 Å². The molecule has 5 heteroatoms. The lowest BCUT2D eigenvalue weighted by Crippen LogP contribution is -2.56. The smallest absolute Gasteiger partial charge is 0.230 e. The van der Waals surface area contributed by atoms with Crippen LogP contribution < -0.4 is 9.64 Å². The quantitative estimate of drug-likeness (QED) is 0.462. The van der Waals surface area contributed by atoms with Crippen LogP contribution in [0.5, 0.6) is 5.75 Å². The predicted octanol–water partition coefficient (Wildman–Crippen LogP) is 6.63. The second-order valence-corrected chi connectivity index (χ2v) is 13.2. The van der Waals surface area contributed by atoms with E-state index in [1.54, 1.807) is 7.11 Å². The van der Waals surface area contributed by atoms with Crippen molar-refractivity contribution in [3.05, 3.63) is 24.3 Å². The highest BCUT2D eigenvalue weighted by atomic mass is 16.5. The monoisotopic (exact) mass is 504 g/mol. The lowest BCUT2D eigenvalue weighted by Gasteiger charge is -2.56. The van der Waals surface area contributed by atoms with Crippen LogP contribution in [0.2, 0.25) is 0 Å². The molecule has 6 atom stereocenters. The molecule has 0 spiro atoms. The molecule has 1 unspecified atom stereocenters. The van der Waals surface area contributed by atoms with E-state index in [9.17, 15) is 9.59 Å². The number of rotatable bonds is 4. The first-order valence-corrected chi connectivity index (χ1v) is 14.9. The number of amides is 1. The average Bonchev–Trinajstić information content (AvgIpc) is 3.27. The Morgan fingerprint density at radius 1 is 0.973 bits per heavy atom. The summed E-state index contributed by atoms with van der Waals surface area (Å²) >= 11 is 0. The molecule has 1 aromatic rings. The number of ketones is 1. The van der Waals surface area contributed by atoms with Crippen molar-refractivity contribution in [2.45, 2.75) is 96.9 Å². The summed E-state index contributed by atoms with van der Waals surface area (Å²) in [4.78, 5) is 34.0. The maximum absolute atomic E-state index is 14.6. The predicted molar refractivity (Wildman–Crippen MR) is 147 cm³/mol. The van der Waals surface area contributed by atoms with Gasteiger partial charge in [0.2, 0.25) is 5.91 Å². The fourth-order valence-electron chi connectivity index (χ4n) is 9.38. The molecule has 6 rings (SSSR count). The molecule has 4 saturated carbocycles. The van der Waals surface area contributed by atoms with Gasteiger partial charge in [-0.3, -0.25) is 14.6 Å². The third-order valence-corrected chi connectivity index (χ3v) is 11.5. The van der Waals surface area contributed by atoms with Crippen molar-refractivity contribution in [3.8, 4) is 5.75 Å². The van der Waals surface area contributed by atoms with Crippen LogP contribution in [0.1, 0.15) is 90.9 Å². The van der Waals surface area contributed by atoms with E-state index in [-0.39, 0.29) is 16.7 Å². The Morgan fingerprint density at radius 3 is 2.46 bits per heavy atom. The molecule has 0 aromatic heterocycles. The Balaban J connectivity index is 1.28. The number of carbonyl (C=O) groups excluding carboxylic acids is 2. The molecule has 4 fully saturated rings. The minimum atomic E-state index is 0.0332. The molecule has 200 valence electrons. The number of ether oxygens (including phenoxy) is 1. The van der Waals surface area contributed by atoms with Crippen molar-refractivity contribution in [2.75, 3.05) is 18.6 Å². The molecule has 5 aliphatic rings. The zero-order chi connectivity index (χ0) is 25.8. The molecular weight excluding hydrogens is 460 g/mol. The van der Waals surface area contributed by atoms with Gasteiger partial charge in [-0.1, -0.05) is 33.1 Å². The Morgan fingerprint density at radius 2 is 1.73 bits per heavy atom. The van der Waals surface area contributed by atoms with Crippen LogP contribution in [0.15, 0.2) is 29.3 Å². The van der Waals surface area contributed by atoms with Gasteiger partial charge in [0, 0.05) is 48.2 Å². The number of aliphatic imine (C=N–C) groups is 1. The highest BCUT2D eigenvalue weighted by molar-refractivity contribution is 6.07. The molecule has 4 aliphatic carbocycles. The van der Waals surface area contributed by atoms with Crippen molar-refractivity contribution in [3.63, 3.8) is 0 Å². The molecule has 1 heterocycles. The van der Waals surface area contributed by atoms with Gasteiger partial charge < -0.3 is 9.64 Å². The molecule has 0 bridgehead atoms. The molecule has 1 aliphatic heterocycles. The fourth-order valence-corrected chi connectivity index (χ4v) is 9.38. The number of fused-ring (bicyclic) bond motifs is 5. The summed E-state index contributed by atoms with van der Waals surface area (Å²) in [5.41, 5.74) is 2.33. The molecule has 37 heavy (non-hydrogen) atoms. The first-order valence-electron chi connectivity index (χ1n) is 14.9. The van der Waals surface area contributed by atoms with Gasteiger partial charge >= 0.3 is 0 Å². The molecule has 0 saturated heterocycles. The summed E-state index contributed by atoms with van der Waals surface area (Å²) in [6.45, 7) is 5.68. The van der Waals surface area contributed by atoms with Gasteiger partial charge in [0.1, 0.15) is 11.5 Å². The number of carbonyl (C=O) groups is 2. The SMILES string of the molecule is COc1ccc(N(C(=O)C2CC[C@H]3[C@@H]4CN=C5CC(=O)CC[C@]5(C)[C@@H]4CC[C@]23C)C2CCCCC2)cc1. The summed E-state index contributed by atoms with van der Waals surface area (Å²) in [5, 5.41) is 0. The number of methoxy groups -OCH3 is 1. The van der Waals surface area contributed by atoms with Crippen LogP contribution in [-0.4, -0.2) is 37.1 Å². The number of benzene rings is 1. The van der Waals surface area contributed by atoms with Gasteiger partial charge in [-0.05, 0) is 92.4 Å². The molecule has 0 N–H and O–H groups in total. The lowest BCUT2D eigenvalue weighted by atomic mass is 9.49. The van der Waals surface area contributed by atoms with Crippen molar-refractivity contribution in [2.24, 2.45) is 39.5 Å². The van der Waals surface area contributed by atoms with E-state index in [0.29, 0.717) is 48.3 Å². The van der Waals surface area contributed by atoms with Gasteiger partial charge in [0.25, 0.3) is 0 Å². The standard InChI is InChI=1S/C32H44N2O3/c1-31-18-16-27-25(20-33-29-19-23(35)15-17-32(27,29)2)26(31)13-14-28(31)30(36)34(21-7-5-4-6-8-21)22-9-11-24(37-3)12-10-22/h9-12,21,25-28H,4-8,13-20H2,1-3H3/t25-,26-,27+,28?,31-,32+/m0/s1. The zero-order valence-electron chi connectivity index (χ0n) is 23.0. The third-order valence-electron chi connectivity index (χ3n) is 11.5. The highest BCUT2D eigenvalue weighted by Crippen LogP contribution is 2.64. The summed E-state index contributed by atoms with van der Waals surface area (Å²) in [6.07, 6.45) is 12.5. The number of anilines is 1. The largest absolute Gasteiger partial charge is 0.497 e. The van der Waals surface area contributed by atoms with Crippen molar-refractivity contribution in [1.82, 2.24) is 0 Å². The second-order valence-electron chi connectivity index (χ2n) is 13.2. The van der Waals surface area contributed by atoms with E-state index < -0.39 is 0 Å². The van der Waals surface area contributed by atoms with Gasteiger partial charge in [-0.25, -0.2) is 0 Å². The third kappa shape index (κ3) is 4.06. The van der Waals surface area contributed by atoms with Gasteiger partial charge in [-0.2, -0.15) is 0 Å². The van der Waals surface area contributed by atoms with Crippen LogP contribution >= 0.6 is 0 Å². The van der Waals surface area contributed by atoms with Gasteiger partial charge in [0.05, 0.1) is 7.11 Å². The second kappa shape index (κ2) is 9.54. The maximum atomic E-state index is 14.6. The van der Waals surface area contributed by atoms with E-state index in [2.05, 4.69) is 30.9 Å². The van der Waals surface area contributed by atoms with Crippen LogP contribution in [0, 0.1) is 34.5 Å². The van der Waals surface area contributed by atoms with E-state index in [4.69, 9.17) is 9.73 Å². The Kier molecular flexibility index (Phi) is 6.48. The number of hydrogen-bond acceptors (Lipinski definition) is 4. The topological polar surface area (TPSA) is 59.0 Å². The van der Waals surface area contributed by atoms with E-state index in [1.165, 1.54) is 25.0 Å². The fraction of sp³-hybridized carbons (Fsp3) is 0.719. The van der Waals surface area contributed by atoms with Crippen LogP contribution in [0.25, 0.3) is 0 Å². The van der Waals surface area contributed by atoms with Crippen molar-refractivity contribution < 1.29 is 14.3 Å². The van der Waals surface area contributed by atoms with E-state index in [0.717, 1.165) is 62.9 Å². The molecule has 0 radical (unpaired) electrons. The molecular formula is C32H44N2O3. The zero-order valence-corrected chi connectivity index (χ0v) is 23.0. The minimum Gasteiger partial charge on any atom is -0.497 e. The van der Waals surface area contributed by atoms with Crippen LogP contribution in [-0.2, 0) is 9.59 Å². The lowest BCUT2D eigenvalue weighted by molar-refractivity contribution is -0.130. The van der Waals surface area contributed by atoms with Crippen molar-refractivity contribution in [1.29, 1.82) is 0 Å².